The van der Waals surface area contributed by atoms with E-state index in [0.717, 1.165) is 28.2 Å². The van der Waals surface area contributed by atoms with Gasteiger partial charge >= 0.3 is 8.60 Å². The van der Waals surface area contributed by atoms with Gasteiger partial charge in [-0.3, -0.25) is 4.52 Å². The number of rotatable bonds is 7. The van der Waals surface area contributed by atoms with Gasteiger partial charge in [-0.05, 0) is 64.3 Å². The van der Waals surface area contributed by atoms with Gasteiger partial charge in [-0.1, -0.05) is 138 Å². The Morgan fingerprint density at radius 1 is 0.439 bits per heavy atom. The van der Waals surface area contributed by atoms with Crippen LogP contribution in [0.5, 0.6) is 11.5 Å². The van der Waals surface area contributed by atoms with E-state index in [9.17, 15) is 0 Å². The topological polar surface area (TPSA) is 27.7 Å². The van der Waals surface area contributed by atoms with Crippen LogP contribution in [-0.2, 0) is 31.8 Å². The molecule has 0 fully saturated rings. The van der Waals surface area contributed by atoms with Crippen LogP contribution in [-0.4, -0.2) is 0 Å². The average Bonchev–Trinajstić information content (AvgIpc) is 2.82. The van der Waals surface area contributed by atoms with Crippen molar-refractivity contribution in [2.75, 3.05) is 0 Å². The van der Waals surface area contributed by atoms with Crippen molar-refractivity contribution in [3.05, 3.63) is 94.5 Å². The number of hydrogen-bond donors (Lipinski definition) is 0. The first-order chi connectivity index (χ1) is 18.6. The quantitative estimate of drug-likeness (QED) is 0.262. The lowest BCUT2D eigenvalue weighted by molar-refractivity contribution is 0.0939. The van der Waals surface area contributed by atoms with Gasteiger partial charge in [0, 0.05) is 11.1 Å². The van der Waals surface area contributed by atoms with Crippen LogP contribution in [0.1, 0.15) is 125 Å². The molecule has 0 amide bonds. The first kappa shape index (κ1) is 33.2. The molecule has 0 saturated carbocycles. The molecule has 0 atom stereocenters. The van der Waals surface area contributed by atoms with E-state index in [4.69, 9.17) is 13.6 Å². The van der Waals surface area contributed by atoms with E-state index in [-0.39, 0.29) is 21.7 Å². The molecule has 0 heterocycles. The molecule has 0 aliphatic carbocycles. The highest BCUT2D eigenvalue weighted by Crippen LogP contribution is 2.51. The second-order valence-electron chi connectivity index (χ2n) is 15.8. The summed E-state index contributed by atoms with van der Waals surface area (Å²) in [6, 6.07) is 23.3. The summed E-state index contributed by atoms with van der Waals surface area (Å²) in [5.41, 5.74) is 5.07. The van der Waals surface area contributed by atoms with Gasteiger partial charge in [0.25, 0.3) is 0 Å². The number of hydrogen-bond acceptors (Lipinski definition) is 3. The molecule has 0 aliphatic rings. The van der Waals surface area contributed by atoms with Crippen molar-refractivity contribution in [3.8, 4) is 11.5 Å². The van der Waals surface area contributed by atoms with Crippen molar-refractivity contribution in [1.29, 1.82) is 0 Å². The smallest absolute Gasteiger partial charge is 0.417 e. The first-order valence-corrected chi connectivity index (χ1v) is 15.9. The minimum absolute atomic E-state index is 0.0297. The van der Waals surface area contributed by atoms with Crippen molar-refractivity contribution in [2.24, 2.45) is 0 Å². The summed E-state index contributed by atoms with van der Waals surface area (Å²) < 4.78 is 20.4. The van der Waals surface area contributed by atoms with Gasteiger partial charge in [0.1, 0.15) is 11.5 Å². The Hall–Kier alpha value is -2.35. The lowest BCUT2D eigenvalue weighted by Gasteiger charge is -2.33. The zero-order valence-corrected chi connectivity index (χ0v) is 28.9. The molecule has 0 spiro atoms. The highest BCUT2D eigenvalue weighted by Gasteiger charge is 2.34. The van der Waals surface area contributed by atoms with Crippen molar-refractivity contribution in [2.45, 2.75) is 124 Å². The van der Waals surface area contributed by atoms with Crippen LogP contribution in [0.15, 0.2) is 66.7 Å². The highest BCUT2D eigenvalue weighted by molar-refractivity contribution is 7.42. The molecule has 0 unspecified atom stereocenters. The summed E-state index contributed by atoms with van der Waals surface area (Å²) in [6.07, 6.45) is 0. The molecular formula is C37H53O3P. The third kappa shape index (κ3) is 8.59. The third-order valence-electron chi connectivity index (χ3n) is 7.42. The second kappa shape index (κ2) is 11.7. The van der Waals surface area contributed by atoms with Gasteiger partial charge in [0.05, 0.1) is 5.60 Å². The third-order valence-corrected chi connectivity index (χ3v) is 8.72. The van der Waals surface area contributed by atoms with Gasteiger partial charge in [-0.2, -0.15) is 0 Å². The van der Waals surface area contributed by atoms with E-state index in [1.807, 2.05) is 18.2 Å². The fourth-order valence-corrected chi connectivity index (χ4v) is 5.85. The molecule has 0 radical (unpaired) electrons. The molecule has 3 aromatic rings. The van der Waals surface area contributed by atoms with Gasteiger partial charge in [-0.25, -0.2) is 0 Å². The molecule has 0 aromatic heterocycles. The Morgan fingerprint density at radius 2 is 0.829 bits per heavy atom. The Bertz CT molecular complexity index is 1240. The van der Waals surface area contributed by atoms with E-state index in [0.29, 0.717) is 0 Å². The zero-order chi connectivity index (χ0) is 31.0. The van der Waals surface area contributed by atoms with Crippen LogP contribution in [0.4, 0.5) is 0 Å². The molecule has 0 bridgehead atoms. The Balaban J connectivity index is 2.13. The fourth-order valence-electron chi connectivity index (χ4n) is 4.62. The van der Waals surface area contributed by atoms with E-state index >= 15 is 0 Å². The van der Waals surface area contributed by atoms with Crippen LogP contribution in [0, 0.1) is 0 Å². The van der Waals surface area contributed by atoms with Crippen molar-refractivity contribution in [3.63, 3.8) is 0 Å². The molecule has 0 saturated heterocycles. The predicted octanol–water partition coefficient (Wildman–Crippen LogP) is 11.5. The van der Waals surface area contributed by atoms with Crippen molar-refractivity contribution >= 4 is 8.60 Å². The predicted molar refractivity (Wildman–Crippen MR) is 176 cm³/mol. The summed E-state index contributed by atoms with van der Waals surface area (Å²) in [5.74, 6) is 1.59. The summed E-state index contributed by atoms with van der Waals surface area (Å²) in [4.78, 5) is 0. The maximum Gasteiger partial charge on any atom is 0.463 e. The normalized spacial score (nSPS) is 13.4. The molecular weight excluding hydrogens is 523 g/mol. The first-order valence-electron chi connectivity index (χ1n) is 14.8. The van der Waals surface area contributed by atoms with Gasteiger partial charge in [0.2, 0.25) is 0 Å². The van der Waals surface area contributed by atoms with Crippen LogP contribution in [0.25, 0.3) is 0 Å². The monoisotopic (exact) mass is 576 g/mol. The van der Waals surface area contributed by atoms with E-state index in [2.05, 4.69) is 145 Å². The minimum Gasteiger partial charge on any atom is -0.417 e. The molecule has 224 valence electrons. The SMILES string of the molecule is CC(C)(C)c1ccc(OP(Oc2ccc(C(C)(C)C)cc2C(C)(C)C)OC(C)(C)c2ccccc2)c(C(C)(C)C)c1. The van der Waals surface area contributed by atoms with Gasteiger partial charge in [-0.15, -0.1) is 0 Å². The molecule has 0 N–H and O–H groups in total. The van der Waals surface area contributed by atoms with Crippen molar-refractivity contribution in [1.82, 2.24) is 0 Å². The Morgan fingerprint density at radius 3 is 1.17 bits per heavy atom. The summed E-state index contributed by atoms with van der Waals surface area (Å²) >= 11 is 0. The van der Waals surface area contributed by atoms with E-state index in [1.165, 1.54) is 11.1 Å². The molecule has 3 aromatic carbocycles. The van der Waals surface area contributed by atoms with Crippen LogP contribution >= 0.6 is 8.60 Å². The Labute approximate surface area is 252 Å². The molecule has 0 aliphatic heterocycles. The molecule has 41 heavy (non-hydrogen) atoms. The average molecular weight is 577 g/mol. The van der Waals surface area contributed by atoms with Gasteiger partial charge < -0.3 is 9.05 Å². The maximum atomic E-state index is 6.79. The standard InChI is InChI=1S/C37H53O3P/c1-33(2,3)27-20-22-31(29(24-27)35(7,8)9)38-41(40-37(13,14)26-18-16-15-17-19-26)39-32-23-21-28(34(4,5)6)25-30(32)36(10,11)12/h15-25H,1-14H3. The minimum atomic E-state index is -1.83. The zero-order valence-electron chi connectivity index (χ0n) is 28.0. The second-order valence-corrected chi connectivity index (χ2v) is 16.8. The lowest BCUT2D eigenvalue weighted by Crippen LogP contribution is -2.23. The summed E-state index contributed by atoms with van der Waals surface area (Å²) in [5, 5.41) is 0. The summed E-state index contributed by atoms with van der Waals surface area (Å²) in [6.45, 7) is 30.9. The van der Waals surface area contributed by atoms with Crippen molar-refractivity contribution < 1.29 is 13.6 Å². The van der Waals surface area contributed by atoms with E-state index < -0.39 is 14.2 Å². The highest BCUT2D eigenvalue weighted by atomic mass is 31.2. The van der Waals surface area contributed by atoms with Crippen LogP contribution < -0.4 is 9.05 Å². The van der Waals surface area contributed by atoms with E-state index in [1.54, 1.807) is 0 Å². The number of benzene rings is 3. The molecule has 4 heteroatoms. The maximum absolute atomic E-state index is 6.79. The van der Waals surface area contributed by atoms with Gasteiger partial charge in [0.15, 0.2) is 0 Å². The fraction of sp³-hybridized carbons (Fsp3) is 0.514. The molecule has 3 rings (SSSR count). The molecule has 3 nitrogen and oxygen atoms in total. The largest absolute Gasteiger partial charge is 0.463 e. The van der Waals surface area contributed by atoms with Crippen LogP contribution in [0.2, 0.25) is 0 Å². The van der Waals surface area contributed by atoms with Crippen LogP contribution in [0.3, 0.4) is 0 Å². The Kier molecular flexibility index (Phi) is 9.49. The summed E-state index contributed by atoms with van der Waals surface area (Å²) in [7, 11) is -1.83. The lowest BCUT2D eigenvalue weighted by atomic mass is 9.80.